The highest BCUT2D eigenvalue weighted by molar-refractivity contribution is 5.77. The average Bonchev–Trinajstić information content (AvgIpc) is 3.02. The summed E-state index contributed by atoms with van der Waals surface area (Å²) in [6, 6.07) is 10.0. The molecule has 1 aliphatic carbocycles. The van der Waals surface area contributed by atoms with Gasteiger partial charge in [0.15, 0.2) is 0 Å². The summed E-state index contributed by atoms with van der Waals surface area (Å²) in [6.45, 7) is 9.77. The molecule has 0 aliphatic heterocycles. The number of benzene rings is 1. The molecule has 1 aromatic carbocycles. The van der Waals surface area contributed by atoms with Crippen molar-refractivity contribution in [2.24, 2.45) is 11.3 Å². The highest BCUT2D eigenvalue weighted by Crippen LogP contribution is 2.46. The first-order valence-corrected chi connectivity index (χ1v) is 10.2. The maximum Gasteiger partial charge on any atom is 0.311 e. The van der Waals surface area contributed by atoms with E-state index in [2.05, 4.69) is 6.92 Å². The summed E-state index contributed by atoms with van der Waals surface area (Å²) in [4.78, 5) is 25.1. The summed E-state index contributed by atoms with van der Waals surface area (Å²) in [7, 11) is 0. The lowest BCUT2D eigenvalue weighted by Gasteiger charge is -2.34. The number of esters is 2. The van der Waals surface area contributed by atoms with Crippen molar-refractivity contribution in [3.05, 3.63) is 35.9 Å². The van der Waals surface area contributed by atoms with Gasteiger partial charge in [0.1, 0.15) is 11.7 Å². The van der Waals surface area contributed by atoms with E-state index in [-0.39, 0.29) is 24.3 Å². The monoisotopic (exact) mass is 374 g/mol. The molecule has 3 atom stereocenters. The van der Waals surface area contributed by atoms with Crippen molar-refractivity contribution in [1.82, 2.24) is 0 Å². The van der Waals surface area contributed by atoms with Crippen LogP contribution in [0.15, 0.2) is 30.3 Å². The van der Waals surface area contributed by atoms with Crippen LogP contribution in [0, 0.1) is 11.3 Å². The van der Waals surface area contributed by atoms with Crippen LogP contribution in [0.3, 0.4) is 0 Å². The van der Waals surface area contributed by atoms with E-state index in [0.29, 0.717) is 12.8 Å². The third-order valence-electron chi connectivity index (χ3n) is 6.10. The van der Waals surface area contributed by atoms with Crippen molar-refractivity contribution in [3.8, 4) is 0 Å². The summed E-state index contributed by atoms with van der Waals surface area (Å²) in [5.74, 6) is -0.274. The maximum absolute atomic E-state index is 12.8. The predicted molar refractivity (Wildman–Crippen MR) is 106 cm³/mol. The van der Waals surface area contributed by atoms with Gasteiger partial charge in [0.05, 0.1) is 11.8 Å². The van der Waals surface area contributed by atoms with Gasteiger partial charge in [-0.2, -0.15) is 0 Å². The van der Waals surface area contributed by atoms with Crippen LogP contribution in [0.2, 0.25) is 0 Å². The van der Waals surface area contributed by atoms with Crippen LogP contribution in [0.1, 0.15) is 78.7 Å². The van der Waals surface area contributed by atoms with Crippen LogP contribution >= 0.6 is 0 Å². The second kappa shape index (κ2) is 8.90. The van der Waals surface area contributed by atoms with Crippen LogP contribution in [0.25, 0.3) is 0 Å². The SMILES string of the molecule is CCC(CC(=O)OC1(c2ccccc2)CCCC1C)OC(=O)C(C)(C)CC. The molecule has 0 spiro atoms. The average molecular weight is 375 g/mol. The lowest BCUT2D eigenvalue weighted by molar-refractivity contribution is -0.172. The summed E-state index contributed by atoms with van der Waals surface area (Å²) < 4.78 is 11.7. The van der Waals surface area contributed by atoms with Gasteiger partial charge in [-0.3, -0.25) is 9.59 Å². The Morgan fingerprint density at radius 3 is 2.41 bits per heavy atom. The summed E-state index contributed by atoms with van der Waals surface area (Å²) in [5, 5.41) is 0. The van der Waals surface area contributed by atoms with Gasteiger partial charge in [-0.25, -0.2) is 0 Å². The molecule has 0 aromatic heterocycles. The standard InChI is InChI=1S/C23H34O4/c1-6-19(26-21(25)22(4,5)7-2)16-20(24)27-23(15-11-12-17(23)3)18-13-9-8-10-14-18/h8-10,13-14,17,19H,6-7,11-12,15-16H2,1-5H3. The third kappa shape index (κ3) is 4.91. The highest BCUT2D eigenvalue weighted by atomic mass is 16.6. The molecule has 1 saturated carbocycles. The highest BCUT2D eigenvalue weighted by Gasteiger charge is 2.45. The lowest BCUT2D eigenvalue weighted by Crippen LogP contribution is -2.37. The largest absolute Gasteiger partial charge is 0.461 e. The van der Waals surface area contributed by atoms with E-state index in [9.17, 15) is 9.59 Å². The molecule has 0 amide bonds. The molecule has 3 unspecified atom stereocenters. The Morgan fingerprint density at radius 2 is 1.89 bits per heavy atom. The van der Waals surface area contributed by atoms with Gasteiger partial charge < -0.3 is 9.47 Å². The number of carbonyl (C=O) groups is 2. The minimum Gasteiger partial charge on any atom is -0.461 e. The van der Waals surface area contributed by atoms with E-state index in [1.165, 1.54) is 0 Å². The van der Waals surface area contributed by atoms with E-state index in [4.69, 9.17) is 9.47 Å². The van der Waals surface area contributed by atoms with Crippen LogP contribution < -0.4 is 0 Å². The van der Waals surface area contributed by atoms with Crippen LogP contribution in [-0.2, 0) is 24.7 Å². The molecule has 1 fully saturated rings. The first kappa shape index (κ1) is 21.5. The van der Waals surface area contributed by atoms with Crippen molar-refractivity contribution in [2.75, 3.05) is 0 Å². The smallest absolute Gasteiger partial charge is 0.311 e. The molecular formula is C23H34O4. The molecule has 4 heteroatoms. The number of carbonyl (C=O) groups excluding carboxylic acids is 2. The first-order valence-electron chi connectivity index (χ1n) is 10.2. The van der Waals surface area contributed by atoms with Crippen LogP contribution in [-0.4, -0.2) is 18.0 Å². The van der Waals surface area contributed by atoms with Crippen LogP contribution in [0.5, 0.6) is 0 Å². The molecule has 1 aromatic rings. The maximum atomic E-state index is 12.8. The molecule has 1 aliphatic rings. The van der Waals surface area contributed by atoms with Crippen molar-refractivity contribution in [1.29, 1.82) is 0 Å². The normalized spacial score (nSPS) is 23.7. The third-order valence-corrected chi connectivity index (χ3v) is 6.10. The van der Waals surface area contributed by atoms with Crippen molar-refractivity contribution < 1.29 is 19.1 Å². The van der Waals surface area contributed by atoms with Gasteiger partial charge in [-0.05, 0) is 51.5 Å². The fourth-order valence-electron chi connectivity index (χ4n) is 3.67. The molecule has 0 heterocycles. The molecule has 0 saturated heterocycles. The number of hydrogen-bond acceptors (Lipinski definition) is 4. The fourth-order valence-corrected chi connectivity index (χ4v) is 3.67. The van der Waals surface area contributed by atoms with Crippen molar-refractivity contribution in [2.45, 2.75) is 84.8 Å². The fraction of sp³-hybridized carbons (Fsp3) is 0.652. The number of ether oxygens (including phenoxy) is 2. The molecule has 150 valence electrons. The Bertz CT molecular complexity index is 637. The molecule has 0 bridgehead atoms. The number of hydrogen-bond donors (Lipinski definition) is 0. The van der Waals surface area contributed by atoms with E-state index in [0.717, 1.165) is 24.8 Å². The Balaban J connectivity index is 2.08. The zero-order valence-electron chi connectivity index (χ0n) is 17.4. The summed E-state index contributed by atoms with van der Waals surface area (Å²) in [5.41, 5.74) is -0.0492. The van der Waals surface area contributed by atoms with Gasteiger partial charge in [-0.15, -0.1) is 0 Å². The lowest BCUT2D eigenvalue weighted by atomic mass is 9.84. The topological polar surface area (TPSA) is 52.6 Å². The van der Waals surface area contributed by atoms with Gasteiger partial charge in [0.25, 0.3) is 0 Å². The van der Waals surface area contributed by atoms with Gasteiger partial charge in [0, 0.05) is 5.92 Å². The Morgan fingerprint density at radius 1 is 1.22 bits per heavy atom. The van der Waals surface area contributed by atoms with Crippen molar-refractivity contribution >= 4 is 11.9 Å². The first-order chi connectivity index (χ1) is 12.7. The molecule has 0 radical (unpaired) electrons. The van der Waals surface area contributed by atoms with Crippen molar-refractivity contribution in [3.63, 3.8) is 0 Å². The molecule has 0 N–H and O–H groups in total. The molecule has 4 nitrogen and oxygen atoms in total. The Kier molecular flexibility index (Phi) is 7.07. The van der Waals surface area contributed by atoms with E-state index >= 15 is 0 Å². The predicted octanol–water partition coefficient (Wildman–Crippen LogP) is 5.39. The zero-order valence-corrected chi connectivity index (χ0v) is 17.4. The van der Waals surface area contributed by atoms with Crippen LogP contribution in [0.4, 0.5) is 0 Å². The number of rotatable bonds is 8. The Labute approximate surface area is 163 Å². The second-order valence-corrected chi connectivity index (χ2v) is 8.40. The zero-order chi connectivity index (χ0) is 20.1. The molecule has 2 rings (SSSR count). The quantitative estimate of drug-likeness (QED) is 0.572. The van der Waals surface area contributed by atoms with Gasteiger partial charge >= 0.3 is 11.9 Å². The Hall–Kier alpha value is -1.84. The van der Waals surface area contributed by atoms with Gasteiger partial charge in [0.2, 0.25) is 0 Å². The summed E-state index contributed by atoms with van der Waals surface area (Å²) in [6.07, 6.45) is 3.86. The molecule has 27 heavy (non-hydrogen) atoms. The molecular weight excluding hydrogens is 340 g/mol. The van der Waals surface area contributed by atoms with E-state index < -0.39 is 17.1 Å². The van der Waals surface area contributed by atoms with E-state index in [1.54, 1.807) is 0 Å². The second-order valence-electron chi connectivity index (χ2n) is 8.40. The summed E-state index contributed by atoms with van der Waals surface area (Å²) >= 11 is 0. The van der Waals surface area contributed by atoms with Gasteiger partial charge in [-0.1, -0.05) is 51.1 Å². The minimum absolute atomic E-state index is 0.101. The van der Waals surface area contributed by atoms with E-state index in [1.807, 2.05) is 58.0 Å². The minimum atomic E-state index is -0.566.